The van der Waals surface area contributed by atoms with Gasteiger partial charge in [0.15, 0.2) is 13.2 Å². The number of benzene rings is 2. The zero-order chi connectivity index (χ0) is 21.7. The van der Waals surface area contributed by atoms with Crippen LogP contribution in [0.4, 0.5) is 0 Å². The smallest absolute Gasteiger partial charge is 0.344 e. The third-order valence-electron chi connectivity index (χ3n) is 4.97. The molecule has 5 nitrogen and oxygen atoms in total. The quantitative estimate of drug-likeness (QED) is 0.407. The van der Waals surface area contributed by atoms with E-state index >= 15 is 0 Å². The molecule has 3 rings (SSSR count). The molecule has 30 heavy (non-hydrogen) atoms. The van der Waals surface area contributed by atoms with Crippen LogP contribution < -0.4 is 4.74 Å². The summed E-state index contributed by atoms with van der Waals surface area (Å²) in [6, 6.07) is 17.7. The van der Waals surface area contributed by atoms with Crippen LogP contribution in [-0.2, 0) is 16.1 Å². The van der Waals surface area contributed by atoms with Crippen LogP contribution in [0.3, 0.4) is 0 Å². The molecule has 0 aliphatic rings. The molecular formula is C25H27NO4. The van der Waals surface area contributed by atoms with Crippen molar-refractivity contribution < 1.29 is 19.1 Å². The number of hydrogen-bond acceptors (Lipinski definition) is 4. The summed E-state index contributed by atoms with van der Waals surface area (Å²) < 4.78 is 12.7. The Labute approximate surface area is 177 Å². The minimum atomic E-state index is -0.569. The van der Waals surface area contributed by atoms with E-state index in [-0.39, 0.29) is 19.0 Å². The Balaban J connectivity index is 1.57. The van der Waals surface area contributed by atoms with Gasteiger partial charge in [-0.2, -0.15) is 0 Å². The molecule has 0 saturated heterocycles. The molecule has 2 aromatic carbocycles. The van der Waals surface area contributed by atoms with Gasteiger partial charge in [-0.05, 0) is 62.6 Å². The van der Waals surface area contributed by atoms with Crippen molar-refractivity contribution in [3.8, 4) is 5.75 Å². The van der Waals surface area contributed by atoms with Crippen molar-refractivity contribution in [1.29, 1.82) is 0 Å². The van der Waals surface area contributed by atoms with Gasteiger partial charge in [0.1, 0.15) is 5.75 Å². The van der Waals surface area contributed by atoms with Gasteiger partial charge in [0.05, 0.1) is 0 Å². The van der Waals surface area contributed by atoms with E-state index in [2.05, 4.69) is 16.7 Å². The van der Waals surface area contributed by atoms with E-state index in [0.717, 1.165) is 28.1 Å². The summed E-state index contributed by atoms with van der Waals surface area (Å²) in [6.45, 7) is 7.96. The summed E-state index contributed by atoms with van der Waals surface area (Å²) in [6.07, 6.45) is 0. The fourth-order valence-electron chi connectivity index (χ4n) is 3.52. The first-order valence-corrected chi connectivity index (χ1v) is 9.94. The van der Waals surface area contributed by atoms with Crippen LogP contribution in [0.25, 0.3) is 0 Å². The number of carbonyl (C=O) groups excluding carboxylic acids is 2. The highest BCUT2D eigenvalue weighted by Gasteiger charge is 2.17. The summed E-state index contributed by atoms with van der Waals surface area (Å²) >= 11 is 0. The summed E-state index contributed by atoms with van der Waals surface area (Å²) in [5, 5.41) is 0. The van der Waals surface area contributed by atoms with Gasteiger partial charge in [0, 0.05) is 23.5 Å². The maximum Gasteiger partial charge on any atom is 0.344 e. The van der Waals surface area contributed by atoms with E-state index in [0.29, 0.717) is 17.9 Å². The van der Waals surface area contributed by atoms with Crippen molar-refractivity contribution in [1.82, 2.24) is 4.57 Å². The molecule has 0 bridgehead atoms. The molecule has 0 radical (unpaired) electrons. The number of Topliss-reactive ketones (excluding diaryl/α,β-unsaturated/α-hetero) is 1. The first-order chi connectivity index (χ1) is 14.3. The molecule has 156 valence electrons. The molecular weight excluding hydrogens is 378 g/mol. The van der Waals surface area contributed by atoms with E-state index in [1.165, 1.54) is 0 Å². The Morgan fingerprint density at radius 2 is 1.53 bits per heavy atom. The molecule has 1 heterocycles. The van der Waals surface area contributed by atoms with Gasteiger partial charge in [-0.1, -0.05) is 36.4 Å². The average Bonchev–Trinajstić information content (AvgIpc) is 2.99. The molecule has 5 heteroatoms. The van der Waals surface area contributed by atoms with Crippen molar-refractivity contribution in [2.24, 2.45) is 0 Å². The number of aromatic nitrogens is 1. The van der Waals surface area contributed by atoms with Gasteiger partial charge < -0.3 is 14.0 Å². The number of ether oxygens (including phenoxy) is 2. The summed E-state index contributed by atoms with van der Waals surface area (Å²) in [4.78, 5) is 24.6. The molecule has 0 aliphatic carbocycles. The lowest BCUT2D eigenvalue weighted by Gasteiger charge is -2.10. The monoisotopic (exact) mass is 405 g/mol. The highest BCUT2D eigenvalue weighted by molar-refractivity contribution is 5.99. The van der Waals surface area contributed by atoms with Crippen molar-refractivity contribution in [2.75, 3.05) is 13.2 Å². The maximum absolute atomic E-state index is 12.6. The summed E-state index contributed by atoms with van der Waals surface area (Å²) in [5.41, 5.74) is 5.70. The molecule has 0 unspecified atom stereocenters. The van der Waals surface area contributed by atoms with E-state index < -0.39 is 5.97 Å². The second kappa shape index (κ2) is 9.44. The van der Waals surface area contributed by atoms with E-state index in [9.17, 15) is 9.59 Å². The number of esters is 1. The Hall–Kier alpha value is -3.34. The molecule has 0 amide bonds. The molecule has 0 fully saturated rings. The van der Waals surface area contributed by atoms with E-state index in [1.807, 2.05) is 70.2 Å². The van der Waals surface area contributed by atoms with Crippen LogP contribution in [0.5, 0.6) is 5.75 Å². The van der Waals surface area contributed by atoms with Crippen LogP contribution in [0.1, 0.15) is 38.4 Å². The van der Waals surface area contributed by atoms with Crippen LogP contribution in [0.2, 0.25) is 0 Å². The fraction of sp³-hybridized carbons (Fsp3) is 0.280. The number of aryl methyl sites for hydroxylation is 3. The number of carbonyl (C=O) groups is 2. The molecule has 0 atom stereocenters. The van der Waals surface area contributed by atoms with Crippen molar-refractivity contribution >= 4 is 11.8 Å². The predicted octanol–water partition coefficient (Wildman–Crippen LogP) is 4.57. The second-order valence-corrected chi connectivity index (χ2v) is 7.55. The van der Waals surface area contributed by atoms with Crippen molar-refractivity contribution in [3.63, 3.8) is 0 Å². The number of ketones is 1. The first-order valence-electron chi connectivity index (χ1n) is 9.94. The van der Waals surface area contributed by atoms with E-state index in [1.54, 1.807) is 0 Å². The van der Waals surface area contributed by atoms with Gasteiger partial charge in [-0.3, -0.25) is 4.79 Å². The average molecular weight is 405 g/mol. The second-order valence-electron chi connectivity index (χ2n) is 7.55. The third-order valence-corrected chi connectivity index (χ3v) is 4.97. The minimum absolute atomic E-state index is 0.220. The lowest BCUT2D eigenvalue weighted by atomic mass is 10.1. The van der Waals surface area contributed by atoms with Gasteiger partial charge in [0.25, 0.3) is 0 Å². The van der Waals surface area contributed by atoms with E-state index in [4.69, 9.17) is 9.47 Å². The van der Waals surface area contributed by atoms with Gasteiger partial charge >= 0.3 is 5.97 Å². The van der Waals surface area contributed by atoms with Gasteiger partial charge in [0.2, 0.25) is 5.78 Å². The first kappa shape index (κ1) is 21.4. The highest BCUT2D eigenvalue weighted by Crippen LogP contribution is 2.18. The summed E-state index contributed by atoms with van der Waals surface area (Å²) in [5.74, 6) is -0.178. The standard InChI is InChI=1S/C25H27NO4/c1-17-10-18(2)12-22(11-17)29-16-25(28)30-15-24(27)23-13-19(3)26(20(23)4)14-21-8-6-5-7-9-21/h5-13H,14-16H2,1-4H3. The van der Waals surface area contributed by atoms with Crippen molar-refractivity contribution in [2.45, 2.75) is 34.2 Å². The Morgan fingerprint density at radius 3 is 2.20 bits per heavy atom. The minimum Gasteiger partial charge on any atom is -0.482 e. The largest absolute Gasteiger partial charge is 0.482 e. The Morgan fingerprint density at radius 1 is 0.867 bits per heavy atom. The number of nitrogens with zero attached hydrogens (tertiary/aromatic N) is 1. The topological polar surface area (TPSA) is 57.5 Å². The Kier molecular flexibility index (Phi) is 6.72. The zero-order valence-corrected chi connectivity index (χ0v) is 17.9. The third kappa shape index (κ3) is 5.38. The molecule has 0 aliphatic heterocycles. The number of hydrogen-bond donors (Lipinski definition) is 0. The SMILES string of the molecule is Cc1cc(C)cc(OCC(=O)OCC(=O)c2cc(C)n(Cc3ccccc3)c2C)c1. The highest BCUT2D eigenvalue weighted by atomic mass is 16.6. The maximum atomic E-state index is 12.6. The van der Waals surface area contributed by atoms with Gasteiger partial charge in [-0.25, -0.2) is 4.79 Å². The summed E-state index contributed by atoms with van der Waals surface area (Å²) in [7, 11) is 0. The molecule has 0 spiro atoms. The number of rotatable bonds is 8. The van der Waals surface area contributed by atoms with Crippen LogP contribution in [0.15, 0.2) is 54.6 Å². The fourth-order valence-corrected chi connectivity index (χ4v) is 3.52. The molecule has 3 aromatic rings. The predicted molar refractivity (Wildman–Crippen MR) is 116 cm³/mol. The Bertz CT molecular complexity index is 1030. The molecule has 0 saturated carbocycles. The van der Waals surface area contributed by atoms with Crippen molar-refractivity contribution in [3.05, 3.63) is 88.2 Å². The lowest BCUT2D eigenvalue weighted by Crippen LogP contribution is -2.20. The van der Waals surface area contributed by atoms with Crippen LogP contribution in [-0.4, -0.2) is 29.5 Å². The lowest BCUT2D eigenvalue weighted by molar-refractivity contribution is -0.144. The zero-order valence-electron chi connectivity index (χ0n) is 17.9. The molecule has 0 N–H and O–H groups in total. The molecule has 1 aromatic heterocycles. The normalized spacial score (nSPS) is 10.7. The van der Waals surface area contributed by atoms with Crippen LogP contribution in [0, 0.1) is 27.7 Å². The van der Waals surface area contributed by atoms with Gasteiger partial charge in [-0.15, -0.1) is 0 Å². The van der Waals surface area contributed by atoms with Crippen LogP contribution >= 0.6 is 0 Å².